The molecule has 0 aliphatic heterocycles. The molecule has 0 N–H and O–H groups in total. The van der Waals surface area contributed by atoms with Gasteiger partial charge in [0.25, 0.3) is 0 Å². The predicted octanol–water partition coefficient (Wildman–Crippen LogP) is 8.42. The van der Waals surface area contributed by atoms with Crippen LogP contribution >= 0.6 is 0 Å². The molecule has 1 aliphatic rings. The summed E-state index contributed by atoms with van der Waals surface area (Å²) < 4.78 is 55.1. The minimum atomic E-state index is -1.48. The van der Waals surface area contributed by atoms with Crippen LogP contribution in [0.3, 0.4) is 0 Å². The van der Waals surface area contributed by atoms with E-state index in [1.165, 1.54) is 37.7 Å². The zero-order valence-corrected chi connectivity index (χ0v) is 18.1. The Morgan fingerprint density at radius 1 is 0.812 bits per heavy atom. The molecular formula is C28H28F4. The van der Waals surface area contributed by atoms with E-state index < -0.39 is 17.5 Å². The van der Waals surface area contributed by atoms with Crippen molar-refractivity contribution >= 4 is 10.8 Å². The van der Waals surface area contributed by atoms with Gasteiger partial charge in [-0.05, 0) is 97.4 Å². The first-order chi connectivity index (χ1) is 15.5. The second-order valence-electron chi connectivity index (χ2n) is 8.98. The molecule has 0 spiro atoms. The maximum Gasteiger partial charge on any atom is 0.194 e. The third-order valence-corrected chi connectivity index (χ3v) is 6.88. The highest BCUT2D eigenvalue weighted by Gasteiger charge is 2.22. The van der Waals surface area contributed by atoms with Gasteiger partial charge in [-0.3, -0.25) is 0 Å². The molecule has 0 radical (unpaired) electrons. The van der Waals surface area contributed by atoms with E-state index in [1.54, 1.807) is 6.07 Å². The van der Waals surface area contributed by atoms with E-state index in [9.17, 15) is 13.2 Å². The summed E-state index contributed by atoms with van der Waals surface area (Å²) in [6.45, 7) is 3.81. The van der Waals surface area contributed by atoms with Crippen LogP contribution in [0.2, 0.25) is 0 Å². The number of benzene rings is 3. The fourth-order valence-electron chi connectivity index (χ4n) is 4.97. The zero-order chi connectivity index (χ0) is 22.7. The minimum Gasteiger partial charge on any atom is -0.206 e. The molecule has 0 atom stereocenters. The van der Waals surface area contributed by atoms with Crippen molar-refractivity contribution in [2.75, 3.05) is 0 Å². The van der Waals surface area contributed by atoms with Crippen LogP contribution in [0.15, 0.2) is 55.1 Å². The highest BCUT2D eigenvalue weighted by Crippen LogP contribution is 2.38. The van der Waals surface area contributed by atoms with Crippen molar-refractivity contribution in [2.45, 2.75) is 57.3 Å². The molecule has 4 rings (SSSR count). The van der Waals surface area contributed by atoms with Crippen molar-refractivity contribution in [1.29, 1.82) is 0 Å². The SMILES string of the molecule is C=CCCC1CCC(c2ccc3c(F)c(CCc4cc(F)c(F)c(F)c4)ccc3c2)CC1. The number of aryl methyl sites for hydroxylation is 2. The number of rotatable bonds is 7. The van der Waals surface area contributed by atoms with Crippen molar-refractivity contribution in [3.05, 3.63) is 95.1 Å². The molecule has 32 heavy (non-hydrogen) atoms. The van der Waals surface area contributed by atoms with Gasteiger partial charge in [0.2, 0.25) is 0 Å². The van der Waals surface area contributed by atoms with Crippen molar-refractivity contribution in [2.24, 2.45) is 5.92 Å². The lowest BCUT2D eigenvalue weighted by atomic mass is 9.77. The van der Waals surface area contributed by atoms with Gasteiger partial charge in [0.05, 0.1) is 0 Å². The van der Waals surface area contributed by atoms with Crippen LogP contribution in [0.25, 0.3) is 10.8 Å². The fourth-order valence-corrected chi connectivity index (χ4v) is 4.97. The number of allylic oxidation sites excluding steroid dienone is 1. The van der Waals surface area contributed by atoms with Crippen molar-refractivity contribution in [1.82, 2.24) is 0 Å². The molecule has 0 saturated heterocycles. The van der Waals surface area contributed by atoms with Crippen LogP contribution in [-0.2, 0) is 12.8 Å². The lowest BCUT2D eigenvalue weighted by Crippen LogP contribution is -2.13. The van der Waals surface area contributed by atoms with E-state index in [0.717, 1.165) is 29.9 Å². The van der Waals surface area contributed by atoms with Gasteiger partial charge in [0.1, 0.15) is 5.82 Å². The second-order valence-corrected chi connectivity index (χ2v) is 8.98. The van der Waals surface area contributed by atoms with Crippen LogP contribution in [0.5, 0.6) is 0 Å². The summed E-state index contributed by atoms with van der Waals surface area (Å²) >= 11 is 0. The summed E-state index contributed by atoms with van der Waals surface area (Å²) in [5, 5.41) is 1.43. The van der Waals surface area contributed by atoms with Crippen LogP contribution in [-0.4, -0.2) is 0 Å². The van der Waals surface area contributed by atoms with Gasteiger partial charge in [0, 0.05) is 5.39 Å². The van der Waals surface area contributed by atoms with E-state index in [2.05, 4.69) is 12.6 Å². The second kappa shape index (κ2) is 9.89. The topological polar surface area (TPSA) is 0 Å². The molecule has 0 amide bonds. The number of fused-ring (bicyclic) bond motifs is 1. The molecule has 3 aromatic rings. The summed E-state index contributed by atoms with van der Waals surface area (Å²) in [5.74, 6) is -2.92. The average molecular weight is 441 g/mol. The quantitative estimate of drug-likeness (QED) is 0.196. The van der Waals surface area contributed by atoms with Gasteiger partial charge in [-0.1, -0.05) is 36.4 Å². The molecule has 4 heteroatoms. The molecular weight excluding hydrogens is 412 g/mol. The summed E-state index contributed by atoms with van der Waals surface area (Å²) in [5.41, 5.74) is 2.06. The van der Waals surface area contributed by atoms with Crippen LogP contribution in [0.1, 0.15) is 61.1 Å². The first-order valence-corrected chi connectivity index (χ1v) is 11.4. The molecule has 1 aliphatic carbocycles. The van der Waals surface area contributed by atoms with Crippen LogP contribution in [0.4, 0.5) is 17.6 Å². The summed E-state index contributed by atoms with van der Waals surface area (Å²) in [6, 6.07) is 11.6. The maximum absolute atomic E-state index is 15.1. The normalized spacial score (nSPS) is 18.8. The van der Waals surface area contributed by atoms with E-state index in [-0.39, 0.29) is 18.7 Å². The molecule has 1 fully saturated rings. The van der Waals surface area contributed by atoms with Gasteiger partial charge in [-0.2, -0.15) is 0 Å². The van der Waals surface area contributed by atoms with Gasteiger partial charge >= 0.3 is 0 Å². The number of hydrogen-bond donors (Lipinski definition) is 0. The number of hydrogen-bond acceptors (Lipinski definition) is 0. The van der Waals surface area contributed by atoms with E-state index in [0.29, 0.717) is 22.4 Å². The first kappa shape index (κ1) is 22.6. The van der Waals surface area contributed by atoms with E-state index >= 15 is 4.39 Å². The van der Waals surface area contributed by atoms with Crippen molar-refractivity contribution < 1.29 is 17.6 Å². The highest BCUT2D eigenvalue weighted by molar-refractivity contribution is 5.84. The third kappa shape index (κ3) is 4.90. The Labute approximate surface area is 187 Å². The smallest absolute Gasteiger partial charge is 0.194 e. The van der Waals surface area contributed by atoms with Crippen molar-refractivity contribution in [3.8, 4) is 0 Å². The minimum absolute atomic E-state index is 0.226. The zero-order valence-electron chi connectivity index (χ0n) is 18.1. The van der Waals surface area contributed by atoms with E-state index in [1.807, 2.05) is 24.3 Å². The van der Waals surface area contributed by atoms with Crippen molar-refractivity contribution in [3.63, 3.8) is 0 Å². The first-order valence-electron chi connectivity index (χ1n) is 11.4. The third-order valence-electron chi connectivity index (χ3n) is 6.88. The Balaban J connectivity index is 1.46. The largest absolute Gasteiger partial charge is 0.206 e. The standard InChI is InChI=1S/C28H28F4/c1-2-3-4-18-5-8-20(9-6-18)22-13-14-24-23(17-22)12-11-21(27(24)31)10-7-19-15-25(29)28(32)26(30)16-19/h2,11-18,20H,1,3-10H2. The molecule has 1 saturated carbocycles. The summed E-state index contributed by atoms with van der Waals surface area (Å²) in [6.07, 6.45) is 9.60. The Morgan fingerprint density at radius 2 is 1.53 bits per heavy atom. The van der Waals surface area contributed by atoms with Gasteiger partial charge in [-0.15, -0.1) is 6.58 Å². The predicted molar refractivity (Wildman–Crippen MR) is 122 cm³/mol. The Bertz CT molecular complexity index is 1090. The lowest BCUT2D eigenvalue weighted by molar-refractivity contribution is 0.312. The van der Waals surface area contributed by atoms with Crippen LogP contribution in [0, 0.1) is 29.2 Å². The molecule has 0 unspecified atom stereocenters. The fraction of sp³-hybridized carbons (Fsp3) is 0.357. The lowest BCUT2D eigenvalue weighted by Gasteiger charge is -2.28. The van der Waals surface area contributed by atoms with Gasteiger partial charge in [0.15, 0.2) is 17.5 Å². The molecule has 0 heterocycles. The Hall–Kier alpha value is -2.62. The Morgan fingerprint density at radius 3 is 2.22 bits per heavy atom. The molecule has 0 bridgehead atoms. The maximum atomic E-state index is 15.1. The highest BCUT2D eigenvalue weighted by atomic mass is 19.2. The van der Waals surface area contributed by atoms with E-state index in [4.69, 9.17) is 0 Å². The van der Waals surface area contributed by atoms with Gasteiger partial charge < -0.3 is 0 Å². The monoisotopic (exact) mass is 440 g/mol. The number of halogens is 4. The van der Waals surface area contributed by atoms with Crippen LogP contribution < -0.4 is 0 Å². The summed E-state index contributed by atoms with van der Waals surface area (Å²) in [4.78, 5) is 0. The summed E-state index contributed by atoms with van der Waals surface area (Å²) in [7, 11) is 0. The van der Waals surface area contributed by atoms with Gasteiger partial charge in [-0.25, -0.2) is 17.6 Å². The molecule has 3 aromatic carbocycles. The molecule has 0 aromatic heterocycles. The molecule has 168 valence electrons. The average Bonchev–Trinajstić information content (AvgIpc) is 2.81. The molecule has 0 nitrogen and oxygen atoms in total. The Kier molecular flexibility index (Phi) is 6.98.